The summed E-state index contributed by atoms with van der Waals surface area (Å²) >= 11 is 0. The molecule has 1 atom stereocenters. The van der Waals surface area contributed by atoms with E-state index >= 15 is 0 Å². The van der Waals surface area contributed by atoms with Crippen LogP contribution < -0.4 is 10.6 Å². The molecule has 1 aliphatic rings. The molecule has 0 aromatic heterocycles. The van der Waals surface area contributed by atoms with Crippen molar-refractivity contribution in [1.29, 1.82) is 0 Å². The quantitative estimate of drug-likeness (QED) is 0.754. The first-order valence-electron chi connectivity index (χ1n) is 5.05. The van der Waals surface area contributed by atoms with Gasteiger partial charge in [-0.3, -0.25) is 10.1 Å². The van der Waals surface area contributed by atoms with Crippen molar-refractivity contribution in [1.82, 2.24) is 10.6 Å². The molecule has 1 aliphatic heterocycles. The zero-order valence-electron chi connectivity index (χ0n) is 9.26. The van der Waals surface area contributed by atoms with Gasteiger partial charge in [0.05, 0.1) is 5.56 Å². The van der Waals surface area contributed by atoms with Crippen molar-refractivity contribution in [3.63, 3.8) is 0 Å². The van der Waals surface area contributed by atoms with Crippen LogP contribution in [0, 0.1) is 0 Å². The van der Waals surface area contributed by atoms with E-state index in [1.165, 1.54) is 19.1 Å². The van der Waals surface area contributed by atoms with Gasteiger partial charge in [0, 0.05) is 0 Å². The van der Waals surface area contributed by atoms with Gasteiger partial charge in [0.1, 0.15) is 5.54 Å². The van der Waals surface area contributed by atoms with Crippen molar-refractivity contribution in [2.45, 2.75) is 18.6 Å². The molecule has 1 heterocycles. The minimum absolute atomic E-state index is 0.291. The fourth-order valence-electron chi connectivity index (χ4n) is 1.74. The van der Waals surface area contributed by atoms with Crippen molar-refractivity contribution >= 4 is 11.9 Å². The van der Waals surface area contributed by atoms with Gasteiger partial charge in [-0.05, 0) is 24.6 Å². The summed E-state index contributed by atoms with van der Waals surface area (Å²) in [4.78, 5) is 22.6. The number of urea groups is 1. The fraction of sp³-hybridized carbons (Fsp3) is 0.273. The van der Waals surface area contributed by atoms with Gasteiger partial charge in [0.15, 0.2) is 0 Å². The second-order valence-electron chi connectivity index (χ2n) is 4.11. The Morgan fingerprint density at radius 3 is 2.06 bits per heavy atom. The number of alkyl halides is 3. The summed E-state index contributed by atoms with van der Waals surface area (Å²) < 4.78 is 37.1. The second-order valence-corrected chi connectivity index (χ2v) is 4.11. The highest BCUT2D eigenvalue weighted by Crippen LogP contribution is 2.31. The first-order valence-corrected chi connectivity index (χ1v) is 5.05. The van der Waals surface area contributed by atoms with Crippen molar-refractivity contribution in [3.05, 3.63) is 35.4 Å². The molecule has 0 saturated carbocycles. The Morgan fingerprint density at radius 2 is 1.67 bits per heavy atom. The maximum absolute atomic E-state index is 12.4. The Kier molecular flexibility index (Phi) is 2.57. The number of imide groups is 1. The second kappa shape index (κ2) is 3.72. The zero-order chi connectivity index (χ0) is 13.6. The monoisotopic (exact) mass is 258 g/mol. The number of halogens is 3. The summed E-state index contributed by atoms with van der Waals surface area (Å²) in [7, 11) is 0. The molecule has 0 unspecified atom stereocenters. The van der Waals surface area contributed by atoms with Crippen LogP contribution in [0.25, 0.3) is 0 Å². The average Bonchev–Trinajstić information content (AvgIpc) is 2.53. The Morgan fingerprint density at radius 1 is 1.11 bits per heavy atom. The van der Waals surface area contributed by atoms with Gasteiger partial charge in [-0.15, -0.1) is 0 Å². The molecule has 2 rings (SSSR count). The Balaban J connectivity index is 2.36. The van der Waals surface area contributed by atoms with Gasteiger partial charge in [-0.25, -0.2) is 4.79 Å². The molecule has 3 amide bonds. The largest absolute Gasteiger partial charge is 0.416 e. The van der Waals surface area contributed by atoms with Crippen LogP contribution in [0.5, 0.6) is 0 Å². The summed E-state index contributed by atoms with van der Waals surface area (Å²) in [6, 6.07) is 3.43. The molecule has 1 fully saturated rings. The molecular formula is C11H9F3N2O2. The van der Waals surface area contributed by atoms with E-state index in [0.29, 0.717) is 5.56 Å². The van der Waals surface area contributed by atoms with Crippen LogP contribution >= 0.6 is 0 Å². The third-order valence-electron chi connectivity index (χ3n) is 2.83. The van der Waals surface area contributed by atoms with Gasteiger partial charge in [-0.2, -0.15) is 13.2 Å². The third-order valence-corrected chi connectivity index (χ3v) is 2.83. The Hall–Kier alpha value is -2.05. The highest BCUT2D eigenvalue weighted by atomic mass is 19.4. The van der Waals surface area contributed by atoms with E-state index in [4.69, 9.17) is 0 Å². The lowest BCUT2D eigenvalue weighted by molar-refractivity contribution is -0.137. The van der Waals surface area contributed by atoms with Crippen LogP contribution in [0.1, 0.15) is 18.1 Å². The van der Waals surface area contributed by atoms with Gasteiger partial charge >= 0.3 is 12.2 Å². The highest BCUT2D eigenvalue weighted by molar-refractivity contribution is 6.07. The van der Waals surface area contributed by atoms with Crippen LogP contribution in [-0.4, -0.2) is 11.9 Å². The molecule has 1 aromatic carbocycles. The summed E-state index contributed by atoms with van der Waals surface area (Å²) in [5.41, 5.74) is -1.85. The Labute approximate surface area is 100 Å². The fourth-order valence-corrected chi connectivity index (χ4v) is 1.74. The van der Waals surface area contributed by atoms with E-state index in [-0.39, 0.29) is 0 Å². The van der Waals surface area contributed by atoms with Gasteiger partial charge in [-0.1, -0.05) is 12.1 Å². The number of hydrogen-bond donors (Lipinski definition) is 2. The van der Waals surface area contributed by atoms with Gasteiger partial charge < -0.3 is 5.32 Å². The first kappa shape index (κ1) is 12.4. The predicted octanol–water partition coefficient (Wildman–Crippen LogP) is 1.76. The maximum Gasteiger partial charge on any atom is 0.416 e. The van der Waals surface area contributed by atoms with Crippen molar-refractivity contribution in [2.24, 2.45) is 0 Å². The number of carbonyl (C=O) groups excluding carboxylic acids is 2. The van der Waals surface area contributed by atoms with E-state index in [1.54, 1.807) is 0 Å². The molecule has 1 aromatic rings. The number of benzene rings is 1. The van der Waals surface area contributed by atoms with Crippen LogP contribution in [0.2, 0.25) is 0 Å². The molecule has 0 spiro atoms. The molecule has 0 bridgehead atoms. The molecule has 18 heavy (non-hydrogen) atoms. The molecular weight excluding hydrogens is 249 g/mol. The molecule has 2 N–H and O–H groups in total. The van der Waals surface area contributed by atoms with E-state index in [1.807, 2.05) is 5.32 Å². The molecule has 0 aliphatic carbocycles. The first-order chi connectivity index (χ1) is 8.23. The third kappa shape index (κ3) is 1.92. The van der Waals surface area contributed by atoms with Gasteiger partial charge in [0.25, 0.3) is 5.91 Å². The van der Waals surface area contributed by atoms with Gasteiger partial charge in [0.2, 0.25) is 0 Å². The van der Waals surface area contributed by atoms with E-state index in [9.17, 15) is 22.8 Å². The lowest BCUT2D eigenvalue weighted by Crippen LogP contribution is -2.40. The smallest absolute Gasteiger partial charge is 0.320 e. The lowest BCUT2D eigenvalue weighted by Gasteiger charge is -2.21. The number of carbonyl (C=O) groups is 2. The van der Waals surface area contributed by atoms with E-state index in [0.717, 1.165) is 12.1 Å². The van der Waals surface area contributed by atoms with Crippen molar-refractivity contribution in [2.75, 3.05) is 0 Å². The van der Waals surface area contributed by atoms with E-state index in [2.05, 4.69) is 5.32 Å². The van der Waals surface area contributed by atoms with Crippen LogP contribution in [0.4, 0.5) is 18.0 Å². The normalized spacial score (nSPS) is 23.8. The topological polar surface area (TPSA) is 58.2 Å². The van der Waals surface area contributed by atoms with Crippen molar-refractivity contribution < 1.29 is 22.8 Å². The highest BCUT2D eigenvalue weighted by Gasteiger charge is 2.43. The molecule has 4 nitrogen and oxygen atoms in total. The molecule has 1 saturated heterocycles. The van der Waals surface area contributed by atoms with E-state index < -0.39 is 29.2 Å². The lowest BCUT2D eigenvalue weighted by atomic mass is 9.91. The number of nitrogens with one attached hydrogen (secondary N) is 2. The number of rotatable bonds is 1. The Bertz CT molecular complexity index is 510. The van der Waals surface area contributed by atoms with Crippen LogP contribution in [-0.2, 0) is 16.5 Å². The number of hydrogen-bond acceptors (Lipinski definition) is 2. The standard InChI is InChI=1S/C11H9F3N2O2/c1-10(8(17)15-9(18)16-10)6-2-4-7(5-3-6)11(12,13)14/h2-5H,1H3,(H2,15,16,17,18)/t10-/m0/s1. The number of amides is 3. The van der Waals surface area contributed by atoms with Crippen LogP contribution in [0.3, 0.4) is 0 Å². The minimum Gasteiger partial charge on any atom is -0.320 e. The van der Waals surface area contributed by atoms with Crippen molar-refractivity contribution in [3.8, 4) is 0 Å². The molecule has 0 radical (unpaired) electrons. The zero-order valence-corrected chi connectivity index (χ0v) is 9.26. The summed E-state index contributed by atoms with van der Waals surface area (Å²) in [5.74, 6) is -0.591. The summed E-state index contributed by atoms with van der Waals surface area (Å²) in [6.07, 6.45) is -4.43. The summed E-state index contributed by atoms with van der Waals surface area (Å²) in [5, 5.41) is 4.41. The average molecular weight is 258 g/mol. The predicted molar refractivity (Wildman–Crippen MR) is 55.5 cm³/mol. The minimum atomic E-state index is -4.43. The SMILES string of the molecule is C[C@@]1(c2ccc(C(F)(F)F)cc2)NC(=O)NC1=O. The van der Waals surface area contributed by atoms with Crippen LogP contribution in [0.15, 0.2) is 24.3 Å². The summed E-state index contributed by atoms with van der Waals surface area (Å²) in [6.45, 7) is 1.43. The molecule has 7 heteroatoms. The molecule has 96 valence electrons. The maximum atomic E-state index is 12.4.